The lowest BCUT2D eigenvalue weighted by Gasteiger charge is -2.15. The van der Waals surface area contributed by atoms with E-state index in [1.54, 1.807) is 14.1 Å². The second-order valence-corrected chi connectivity index (χ2v) is 9.57. The van der Waals surface area contributed by atoms with Crippen LogP contribution in [0.25, 0.3) is 10.5 Å². The van der Waals surface area contributed by atoms with Crippen LogP contribution in [-0.4, -0.2) is 28.5 Å². The lowest BCUT2D eigenvalue weighted by molar-refractivity contribution is 0.554. The van der Waals surface area contributed by atoms with Gasteiger partial charge >= 0.3 is 11.4 Å². The molecule has 11 nitrogen and oxygen atoms in total. The molecule has 164 valence electrons. The number of aryl methyl sites for hydroxylation is 2. The van der Waals surface area contributed by atoms with Crippen molar-refractivity contribution in [3.8, 4) is 0 Å². The van der Waals surface area contributed by atoms with Crippen molar-refractivity contribution in [2.75, 3.05) is 0 Å². The van der Waals surface area contributed by atoms with E-state index in [9.17, 15) is 9.59 Å². The van der Waals surface area contributed by atoms with Crippen LogP contribution in [-0.2, 0) is 32.0 Å². The van der Waals surface area contributed by atoms with Gasteiger partial charge in [0.1, 0.15) is 0 Å². The van der Waals surface area contributed by atoms with Crippen LogP contribution in [0.3, 0.4) is 0 Å². The molecule has 3 heterocycles. The van der Waals surface area contributed by atoms with Gasteiger partial charge in [-0.25, -0.2) is 19.0 Å². The van der Waals surface area contributed by atoms with Crippen LogP contribution in [0.15, 0.2) is 19.8 Å². The van der Waals surface area contributed by atoms with Crippen molar-refractivity contribution in [3.63, 3.8) is 0 Å². The van der Waals surface area contributed by atoms with E-state index >= 15 is 0 Å². The summed E-state index contributed by atoms with van der Waals surface area (Å²) in [6.45, 7) is 19.3. The van der Waals surface area contributed by atoms with E-state index in [0.29, 0.717) is 28.6 Å². The molecule has 0 unspecified atom stereocenters. The summed E-state index contributed by atoms with van der Waals surface area (Å²) in [7, 11) is 4.65. The number of fused-ring (bicyclic) bond motifs is 1. The Morgan fingerprint density at radius 3 is 1.94 bits per heavy atom. The molecule has 0 bridgehead atoms. The molecule has 0 N–H and O–H groups in total. The first-order valence-electron chi connectivity index (χ1n) is 9.76. The maximum atomic E-state index is 12.7. The molecule has 31 heavy (non-hydrogen) atoms. The molecule has 0 saturated heterocycles. The highest BCUT2D eigenvalue weighted by atomic mass is 16.2. The molecule has 0 aliphatic rings. The van der Waals surface area contributed by atoms with E-state index in [4.69, 9.17) is 6.57 Å². The molecular weight excluding hydrogens is 398 g/mol. The lowest BCUT2D eigenvalue weighted by Crippen LogP contribution is -2.41. The molecule has 3 aromatic heterocycles. The first kappa shape index (κ1) is 22.1. The van der Waals surface area contributed by atoms with E-state index in [-0.39, 0.29) is 11.1 Å². The summed E-state index contributed by atoms with van der Waals surface area (Å²) in [6, 6.07) is 0. The zero-order chi connectivity index (χ0) is 23.5. The van der Waals surface area contributed by atoms with Gasteiger partial charge in [0.15, 0.2) is 17.2 Å². The smallest absolute Gasteiger partial charge is 0.279 e. The standard InChI is InChI=1S/C20H27N9O2/c1-19(2,3)13-11(21-7)15(28(10)24-13)23-22-12-14(20(4,5)6)25-29-16(12)26(8)17(30)27(9)18(29)31/h1-6,8-10H3/b23-22+. The minimum atomic E-state index is -0.567. The molecule has 0 fully saturated rings. The average Bonchev–Trinajstić information content (AvgIpc) is 3.20. The molecule has 0 aromatic carbocycles. The summed E-state index contributed by atoms with van der Waals surface area (Å²) in [6.07, 6.45) is 0. The second kappa shape index (κ2) is 7.01. The van der Waals surface area contributed by atoms with Crippen LogP contribution in [0.1, 0.15) is 52.9 Å². The molecule has 0 atom stereocenters. The number of hydrogen-bond donors (Lipinski definition) is 0. The van der Waals surface area contributed by atoms with Crippen molar-refractivity contribution in [2.45, 2.75) is 52.4 Å². The zero-order valence-electron chi connectivity index (χ0n) is 19.3. The Morgan fingerprint density at radius 2 is 1.42 bits per heavy atom. The van der Waals surface area contributed by atoms with Crippen LogP contribution in [0.4, 0.5) is 17.2 Å². The zero-order valence-corrected chi connectivity index (χ0v) is 19.3. The van der Waals surface area contributed by atoms with Crippen molar-refractivity contribution in [3.05, 3.63) is 43.8 Å². The topological polar surface area (TPSA) is 108 Å². The summed E-state index contributed by atoms with van der Waals surface area (Å²) in [5, 5.41) is 17.7. The molecule has 0 amide bonds. The predicted molar refractivity (Wildman–Crippen MR) is 117 cm³/mol. The van der Waals surface area contributed by atoms with E-state index in [1.165, 1.54) is 16.3 Å². The van der Waals surface area contributed by atoms with Crippen molar-refractivity contribution in [2.24, 2.45) is 31.4 Å². The van der Waals surface area contributed by atoms with Gasteiger partial charge in [-0.05, 0) is 5.41 Å². The fraction of sp³-hybridized carbons (Fsp3) is 0.550. The van der Waals surface area contributed by atoms with Gasteiger partial charge < -0.3 is 0 Å². The van der Waals surface area contributed by atoms with Crippen LogP contribution in [0, 0.1) is 6.57 Å². The molecule has 0 radical (unpaired) electrons. The third-order valence-corrected chi connectivity index (χ3v) is 4.97. The highest BCUT2D eigenvalue weighted by molar-refractivity contribution is 5.70. The highest BCUT2D eigenvalue weighted by Gasteiger charge is 2.29. The largest absolute Gasteiger partial charge is 0.354 e. The SMILES string of the molecule is [C-]#[N+]c1c(C(C)(C)C)nn(C)c1/N=N/c1c(C(C)(C)C)nn2c(=O)n(C)c(=O)n(C)c12. The summed E-state index contributed by atoms with van der Waals surface area (Å²) >= 11 is 0. The molecular formula is C20H27N9O2. The summed E-state index contributed by atoms with van der Waals surface area (Å²) in [5.41, 5.74) is 0.110. The van der Waals surface area contributed by atoms with Gasteiger partial charge in [-0.2, -0.15) is 14.7 Å². The van der Waals surface area contributed by atoms with Crippen molar-refractivity contribution < 1.29 is 0 Å². The maximum Gasteiger partial charge on any atom is 0.354 e. The van der Waals surface area contributed by atoms with E-state index < -0.39 is 16.8 Å². The Labute approximate surface area is 179 Å². The number of nitrogens with zero attached hydrogens (tertiary/aromatic N) is 9. The summed E-state index contributed by atoms with van der Waals surface area (Å²) < 4.78 is 4.98. The number of aromatic nitrogens is 6. The monoisotopic (exact) mass is 425 g/mol. The molecule has 0 spiro atoms. The van der Waals surface area contributed by atoms with Crippen LogP contribution in [0.5, 0.6) is 0 Å². The van der Waals surface area contributed by atoms with Gasteiger partial charge in [-0.15, -0.1) is 10.2 Å². The van der Waals surface area contributed by atoms with E-state index in [0.717, 1.165) is 9.08 Å². The maximum absolute atomic E-state index is 12.7. The molecule has 11 heteroatoms. The van der Waals surface area contributed by atoms with E-state index in [2.05, 4.69) is 25.3 Å². The third-order valence-electron chi connectivity index (χ3n) is 4.97. The van der Waals surface area contributed by atoms with E-state index in [1.807, 2.05) is 41.5 Å². The Morgan fingerprint density at radius 1 is 0.839 bits per heavy atom. The van der Waals surface area contributed by atoms with Crippen LogP contribution in [0.2, 0.25) is 0 Å². The predicted octanol–water partition coefficient (Wildman–Crippen LogP) is 3.03. The van der Waals surface area contributed by atoms with Crippen LogP contribution >= 0.6 is 0 Å². The number of hydrogen-bond acceptors (Lipinski definition) is 6. The van der Waals surface area contributed by atoms with Gasteiger partial charge in [0.05, 0.1) is 18.0 Å². The molecule has 3 rings (SSSR count). The van der Waals surface area contributed by atoms with Gasteiger partial charge in [0.25, 0.3) is 5.69 Å². The normalized spacial score (nSPS) is 12.8. The first-order chi connectivity index (χ1) is 14.2. The summed E-state index contributed by atoms with van der Waals surface area (Å²) in [5.74, 6) is 0.299. The summed E-state index contributed by atoms with van der Waals surface area (Å²) in [4.78, 5) is 28.8. The molecule has 0 saturated carbocycles. The quantitative estimate of drug-likeness (QED) is 0.464. The van der Waals surface area contributed by atoms with Gasteiger partial charge in [0, 0.05) is 26.6 Å². The Bertz CT molecular complexity index is 1380. The molecule has 0 aliphatic heterocycles. The second-order valence-electron chi connectivity index (χ2n) is 9.57. The molecule has 0 aliphatic carbocycles. The van der Waals surface area contributed by atoms with Crippen molar-refractivity contribution in [1.29, 1.82) is 0 Å². The Kier molecular flexibility index (Phi) is 5.00. The lowest BCUT2D eigenvalue weighted by atomic mass is 9.91. The first-order valence-corrected chi connectivity index (χ1v) is 9.76. The fourth-order valence-corrected chi connectivity index (χ4v) is 3.29. The van der Waals surface area contributed by atoms with Gasteiger partial charge in [0.2, 0.25) is 0 Å². The average molecular weight is 425 g/mol. The highest BCUT2D eigenvalue weighted by Crippen LogP contribution is 2.40. The third kappa shape index (κ3) is 3.48. The minimum absolute atomic E-state index is 0.240. The van der Waals surface area contributed by atoms with Crippen LogP contribution < -0.4 is 11.4 Å². The Balaban J connectivity index is 2.37. The number of rotatable bonds is 2. The van der Waals surface area contributed by atoms with Gasteiger partial charge in [-0.1, -0.05) is 41.5 Å². The Hall–Kier alpha value is -3.55. The van der Waals surface area contributed by atoms with Crippen molar-refractivity contribution in [1.82, 2.24) is 28.5 Å². The fourth-order valence-electron chi connectivity index (χ4n) is 3.29. The minimum Gasteiger partial charge on any atom is -0.279 e. The van der Waals surface area contributed by atoms with Crippen molar-refractivity contribution >= 4 is 22.8 Å². The number of azo groups is 1. The molecule has 3 aromatic rings. The van der Waals surface area contributed by atoms with Gasteiger partial charge in [-0.3, -0.25) is 9.25 Å².